The summed E-state index contributed by atoms with van der Waals surface area (Å²) < 4.78 is 4.36. The minimum Gasteiger partial charge on any atom is -0.468 e. The lowest BCUT2D eigenvalue weighted by molar-refractivity contribution is -0.141. The van der Waals surface area contributed by atoms with Crippen LogP contribution in [0.5, 0.6) is 0 Å². The third-order valence-electron chi connectivity index (χ3n) is 1.79. The lowest BCUT2D eigenvalue weighted by Gasteiger charge is -2.03. The number of methoxy groups -OCH3 is 1. The van der Waals surface area contributed by atoms with Crippen LogP contribution in [0.3, 0.4) is 0 Å². The Morgan fingerprint density at radius 2 is 2.08 bits per heavy atom. The van der Waals surface area contributed by atoms with Crippen LogP contribution < -0.4 is 10.6 Å². The summed E-state index contributed by atoms with van der Waals surface area (Å²) in [5.74, 6) is -0.600. The van der Waals surface area contributed by atoms with E-state index in [2.05, 4.69) is 15.4 Å². The van der Waals surface area contributed by atoms with E-state index in [1.165, 1.54) is 7.11 Å². The Labute approximate surface area is 76.8 Å². The molecule has 0 aliphatic heterocycles. The van der Waals surface area contributed by atoms with Gasteiger partial charge in [-0.3, -0.25) is 9.59 Å². The van der Waals surface area contributed by atoms with Crippen molar-refractivity contribution in [3.05, 3.63) is 0 Å². The largest absolute Gasteiger partial charge is 0.468 e. The first-order valence-corrected chi connectivity index (χ1v) is 4.29. The van der Waals surface area contributed by atoms with Crippen LogP contribution in [0.15, 0.2) is 0 Å². The molecule has 1 aliphatic carbocycles. The highest BCUT2D eigenvalue weighted by Gasteiger charge is 2.21. The third kappa shape index (κ3) is 4.47. The van der Waals surface area contributed by atoms with Gasteiger partial charge in [0.05, 0.1) is 13.7 Å². The van der Waals surface area contributed by atoms with Crippen LogP contribution in [0.4, 0.5) is 0 Å². The van der Waals surface area contributed by atoms with Gasteiger partial charge in [0, 0.05) is 6.04 Å². The molecule has 0 atom stereocenters. The second-order valence-electron chi connectivity index (χ2n) is 3.01. The fourth-order valence-electron chi connectivity index (χ4n) is 0.830. The summed E-state index contributed by atoms with van der Waals surface area (Å²) in [4.78, 5) is 21.6. The fourth-order valence-corrected chi connectivity index (χ4v) is 0.830. The SMILES string of the molecule is COC(=O)CNC(=O)CNC1CC1. The van der Waals surface area contributed by atoms with Crippen molar-refractivity contribution < 1.29 is 14.3 Å². The molecule has 1 amide bonds. The maximum atomic E-state index is 11.0. The van der Waals surface area contributed by atoms with Gasteiger partial charge in [-0.2, -0.15) is 0 Å². The van der Waals surface area contributed by atoms with Gasteiger partial charge >= 0.3 is 5.97 Å². The fraction of sp³-hybridized carbons (Fsp3) is 0.750. The quantitative estimate of drug-likeness (QED) is 0.542. The molecular formula is C8H14N2O3. The van der Waals surface area contributed by atoms with Crippen molar-refractivity contribution in [2.24, 2.45) is 0 Å². The van der Waals surface area contributed by atoms with Gasteiger partial charge in [-0.15, -0.1) is 0 Å². The number of amides is 1. The molecule has 0 unspecified atom stereocenters. The van der Waals surface area contributed by atoms with E-state index in [1.54, 1.807) is 0 Å². The molecule has 13 heavy (non-hydrogen) atoms. The average molecular weight is 186 g/mol. The summed E-state index contributed by atoms with van der Waals surface area (Å²) in [6, 6.07) is 0.504. The van der Waals surface area contributed by atoms with Gasteiger partial charge in [-0.25, -0.2) is 0 Å². The van der Waals surface area contributed by atoms with Crippen molar-refractivity contribution in [1.82, 2.24) is 10.6 Å². The van der Waals surface area contributed by atoms with E-state index in [9.17, 15) is 9.59 Å². The first-order valence-electron chi connectivity index (χ1n) is 4.29. The molecule has 1 fully saturated rings. The molecule has 0 saturated heterocycles. The molecule has 1 rings (SSSR count). The first-order chi connectivity index (χ1) is 6.22. The van der Waals surface area contributed by atoms with Crippen molar-refractivity contribution >= 4 is 11.9 Å². The number of hydrogen-bond acceptors (Lipinski definition) is 4. The maximum Gasteiger partial charge on any atom is 0.325 e. The molecule has 1 aliphatic rings. The number of carbonyl (C=O) groups is 2. The maximum absolute atomic E-state index is 11.0. The third-order valence-corrected chi connectivity index (χ3v) is 1.79. The highest BCUT2D eigenvalue weighted by atomic mass is 16.5. The van der Waals surface area contributed by atoms with Gasteiger partial charge in [0.25, 0.3) is 0 Å². The van der Waals surface area contributed by atoms with Crippen molar-refractivity contribution in [2.45, 2.75) is 18.9 Å². The van der Waals surface area contributed by atoms with Gasteiger partial charge in [0.15, 0.2) is 0 Å². The number of rotatable bonds is 5. The molecule has 1 saturated carbocycles. The van der Waals surface area contributed by atoms with Gasteiger partial charge in [-0.05, 0) is 12.8 Å². The van der Waals surface area contributed by atoms with Gasteiger partial charge in [0.2, 0.25) is 5.91 Å². The molecule has 5 heteroatoms. The van der Waals surface area contributed by atoms with E-state index in [0.717, 1.165) is 12.8 Å². The lowest BCUT2D eigenvalue weighted by Crippen LogP contribution is -2.37. The molecule has 0 bridgehead atoms. The normalized spacial score (nSPS) is 15.2. The molecule has 2 N–H and O–H groups in total. The summed E-state index contributed by atoms with van der Waals surface area (Å²) in [5.41, 5.74) is 0. The zero-order chi connectivity index (χ0) is 9.68. The van der Waals surface area contributed by atoms with Crippen molar-refractivity contribution in [3.63, 3.8) is 0 Å². The number of carbonyl (C=O) groups excluding carboxylic acids is 2. The summed E-state index contributed by atoms with van der Waals surface area (Å²) >= 11 is 0. The predicted octanol–water partition coefficient (Wildman–Crippen LogP) is -0.972. The Balaban J connectivity index is 1.99. The van der Waals surface area contributed by atoms with E-state index < -0.39 is 5.97 Å². The second-order valence-corrected chi connectivity index (χ2v) is 3.01. The smallest absolute Gasteiger partial charge is 0.325 e. The van der Waals surface area contributed by atoms with Crippen LogP contribution in [-0.2, 0) is 14.3 Å². The number of nitrogens with one attached hydrogen (secondary N) is 2. The van der Waals surface area contributed by atoms with Crippen LogP contribution >= 0.6 is 0 Å². The van der Waals surface area contributed by atoms with Crippen molar-refractivity contribution in [2.75, 3.05) is 20.2 Å². The predicted molar refractivity (Wildman–Crippen MR) is 46.1 cm³/mol. The van der Waals surface area contributed by atoms with E-state index in [4.69, 9.17) is 0 Å². The Morgan fingerprint density at radius 1 is 1.38 bits per heavy atom. The van der Waals surface area contributed by atoms with Crippen molar-refractivity contribution in [1.29, 1.82) is 0 Å². The van der Waals surface area contributed by atoms with Gasteiger partial charge < -0.3 is 15.4 Å². The highest BCUT2D eigenvalue weighted by Crippen LogP contribution is 2.17. The Hall–Kier alpha value is -1.10. The Kier molecular flexibility index (Phi) is 3.70. The lowest BCUT2D eigenvalue weighted by atomic mass is 10.5. The molecule has 0 aromatic heterocycles. The van der Waals surface area contributed by atoms with Crippen molar-refractivity contribution in [3.8, 4) is 0 Å². The van der Waals surface area contributed by atoms with E-state index in [-0.39, 0.29) is 19.0 Å². The molecule has 0 radical (unpaired) electrons. The van der Waals surface area contributed by atoms with E-state index in [1.807, 2.05) is 0 Å². The molecule has 0 aromatic carbocycles. The minimum atomic E-state index is -0.431. The summed E-state index contributed by atoms with van der Waals surface area (Å²) in [5, 5.41) is 5.47. The average Bonchev–Trinajstić information content (AvgIpc) is 2.94. The van der Waals surface area contributed by atoms with Crippen LogP contribution in [-0.4, -0.2) is 38.1 Å². The molecule has 0 spiro atoms. The molecule has 0 heterocycles. The molecule has 5 nitrogen and oxygen atoms in total. The zero-order valence-electron chi connectivity index (χ0n) is 7.63. The van der Waals surface area contributed by atoms with Gasteiger partial charge in [-0.1, -0.05) is 0 Å². The Bertz CT molecular complexity index is 202. The number of hydrogen-bond donors (Lipinski definition) is 2. The van der Waals surface area contributed by atoms with E-state index >= 15 is 0 Å². The van der Waals surface area contributed by atoms with Crippen LogP contribution in [0.2, 0.25) is 0 Å². The van der Waals surface area contributed by atoms with E-state index in [0.29, 0.717) is 6.04 Å². The van der Waals surface area contributed by atoms with Crippen LogP contribution in [0.1, 0.15) is 12.8 Å². The monoisotopic (exact) mass is 186 g/mol. The second kappa shape index (κ2) is 4.81. The topological polar surface area (TPSA) is 67.4 Å². The zero-order valence-corrected chi connectivity index (χ0v) is 7.63. The standard InChI is InChI=1S/C8H14N2O3/c1-13-8(12)5-10-7(11)4-9-6-2-3-6/h6,9H,2-5H2,1H3,(H,10,11). The summed E-state index contributed by atoms with van der Waals surface area (Å²) in [6.45, 7) is 0.226. The summed E-state index contributed by atoms with van der Waals surface area (Å²) in [6.07, 6.45) is 2.29. The van der Waals surface area contributed by atoms with Crippen LogP contribution in [0, 0.1) is 0 Å². The highest BCUT2D eigenvalue weighted by molar-refractivity contribution is 5.83. The molecular weight excluding hydrogens is 172 g/mol. The Morgan fingerprint density at radius 3 is 2.62 bits per heavy atom. The summed E-state index contributed by atoms with van der Waals surface area (Å²) in [7, 11) is 1.29. The molecule has 0 aromatic rings. The number of ether oxygens (including phenoxy) is 1. The molecule has 74 valence electrons. The van der Waals surface area contributed by atoms with Gasteiger partial charge in [0.1, 0.15) is 6.54 Å². The number of esters is 1. The van der Waals surface area contributed by atoms with Crippen LogP contribution in [0.25, 0.3) is 0 Å². The first kappa shape index (κ1) is 9.98. The minimum absolute atomic E-state index is 0.0539.